The Labute approximate surface area is 160 Å². The van der Waals surface area contributed by atoms with E-state index >= 15 is 0 Å². The Morgan fingerprint density at radius 3 is 2.81 bits per heavy atom. The molecule has 1 aliphatic carbocycles. The maximum absolute atomic E-state index is 12.2. The first-order valence-electron chi connectivity index (χ1n) is 8.46. The smallest absolute Gasteiger partial charge is 0.348 e. The third-order valence-corrected chi connectivity index (χ3v) is 5.54. The van der Waals surface area contributed by atoms with Crippen LogP contribution in [0.4, 0.5) is 0 Å². The van der Waals surface area contributed by atoms with Gasteiger partial charge in [-0.25, -0.2) is 4.79 Å². The van der Waals surface area contributed by atoms with Crippen LogP contribution in [0.2, 0.25) is 5.02 Å². The average molecular weight is 394 g/mol. The molecule has 0 saturated heterocycles. The molecule has 0 fully saturated rings. The number of benzene rings is 1. The zero-order valence-corrected chi connectivity index (χ0v) is 15.8. The lowest BCUT2D eigenvalue weighted by Crippen LogP contribution is -2.29. The van der Waals surface area contributed by atoms with E-state index in [1.54, 1.807) is 16.7 Å². The van der Waals surface area contributed by atoms with E-state index in [0.29, 0.717) is 16.6 Å². The van der Waals surface area contributed by atoms with Crippen molar-refractivity contribution in [3.63, 3.8) is 0 Å². The van der Waals surface area contributed by atoms with E-state index in [9.17, 15) is 9.59 Å². The first-order chi connectivity index (χ1) is 12.6. The minimum absolute atomic E-state index is 0.0897. The molecule has 0 radical (unpaired) electrons. The fraction of sp³-hybridized carbons (Fsp3) is 0.389. The van der Waals surface area contributed by atoms with Gasteiger partial charge in [-0.05, 0) is 37.0 Å². The van der Waals surface area contributed by atoms with E-state index < -0.39 is 0 Å². The topological polar surface area (TPSA) is 84.2 Å². The molecule has 1 aromatic heterocycles. The molecule has 1 aromatic carbocycles. The third-order valence-electron chi connectivity index (χ3n) is 4.27. The molecule has 2 aromatic rings. The van der Waals surface area contributed by atoms with Crippen LogP contribution in [0.15, 0.2) is 34.1 Å². The Morgan fingerprint density at radius 2 is 2.08 bits per heavy atom. The van der Waals surface area contributed by atoms with Gasteiger partial charge >= 0.3 is 5.69 Å². The van der Waals surface area contributed by atoms with E-state index in [-0.39, 0.29) is 30.5 Å². The zero-order chi connectivity index (χ0) is 18.5. The second kappa shape index (κ2) is 8.70. The first-order valence-corrected chi connectivity index (χ1v) is 9.82. The van der Waals surface area contributed by atoms with Crippen molar-refractivity contribution >= 4 is 29.3 Å². The van der Waals surface area contributed by atoms with Crippen LogP contribution in [-0.4, -0.2) is 32.9 Å². The zero-order valence-electron chi connectivity index (χ0n) is 14.2. The highest BCUT2D eigenvalue weighted by molar-refractivity contribution is 7.99. The van der Waals surface area contributed by atoms with Crippen molar-refractivity contribution in [2.45, 2.75) is 37.4 Å². The Bertz CT molecular complexity index is 852. The van der Waals surface area contributed by atoms with Gasteiger partial charge in [0.2, 0.25) is 5.91 Å². The summed E-state index contributed by atoms with van der Waals surface area (Å²) in [4.78, 5) is 28.4. The van der Waals surface area contributed by atoms with Crippen molar-refractivity contribution in [1.82, 2.24) is 14.9 Å². The second-order valence-corrected chi connectivity index (χ2v) is 7.45. The molecule has 3 rings (SSSR count). The summed E-state index contributed by atoms with van der Waals surface area (Å²) in [5.41, 5.74) is 2.60. The Morgan fingerprint density at radius 1 is 1.31 bits per heavy atom. The molecule has 8 heteroatoms. The van der Waals surface area contributed by atoms with Gasteiger partial charge in [0.05, 0.1) is 18.9 Å². The molecule has 26 heavy (non-hydrogen) atoms. The van der Waals surface area contributed by atoms with E-state index in [1.165, 1.54) is 11.8 Å². The highest BCUT2D eigenvalue weighted by atomic mass is 35.5. The van der Waals surface area contributed by atoms with Crippen LogP contribution in [-0.2, 0) is 30.7 Å². The fourth-order valence-corrected chi connectivity index (χ4v) is 4.06. The van der Waals surface area contributed by atoms with E-state index in [1.807, 2.05) is 12.1 Å². The molecular formula is C18H20ClN3O3S. The van der Waals surface area contributed by atoms with Crippen LogP contribution >= 0.6 is 23.4 Å². The summed E-state index contributed by atoms with van der Waals surface area (Å²) in [6.07, 6.45) is 2.62. The number of thioether (sulfide) groups is 1. The SMILES string of the molecule is O=C(CSc1nc(=O)n(CCO)c2c1CCC2)NCc1ccc(Cl)cc1. The lowest BCUT2D eigenvalue weighted by atomic mass is 10.2. The van der Waals surface area contributed by atoms with Crippen molar-refractivity contribution in [3.8, 4) is 0 Å². The predicted octanol–water partition coefficient (Wildman–Crippen LogP) is 1.79. The summed E-state index contributed by atoms with van der Waals surface area (Å²) < 4.78 is 1.55. The van der Waals surface area contributed by atoms with Crippen molar-refractivity contribution in [2.24, 2.45) is 0 Å². The normalized spacial score (nSPS) is 12.8. The molecule has 6 nitrogen and oxygen atoms in total. The van der Waals surface area contributed by atoms with E-state index in [2.05, 4.69) is 10.3 Å². The van der Waals surface area contributed by atoms with Gasteiger partial charge in [-0.1, -0.05) is 35.5 Å². The number of carbonyl (C=O) groups is 1. The molecular weight excluding hydrogens is 374 g/mol. The van der Waals surface area contributed by atoms with Gasteiger partial charge in [0, 0.05) is 22.8 Å². The average Bonchev–Trinajstić information content (AvgIpc) is 3.12. The molecule has 0 spiro atoms. The molecule has 1 aliphatic rings. The summed E-state index contributed by atoms with van der Waals surface area (Å²) in [5.74, 6) is 0.0919. The Hall–Kier alpha value is -1.83. The second-order valence-electron chi connectivity index (χ2n) is 6.05. The molecule has 0 aliphatic heterocycles. The maximum atomic E-state index is 12.2. The third kappa shape index (κ3) is 4.47. The molecule has 138 valence electrons. The number of carbonyl (C=O) groups excluding carboxylic acids is 1. The summed E-state index contributed by atoms with van der Waals surface area (Å²) in [7, 11) is 0. The molecule has 1 heterocycles. The van der Waals surface area contributed by atoms with E-state index in [4.69, 9.17) is 16.7 Å². The van der Waals surface area contributed by atoms with Gasteiger partial charge in [0.15, 0.2) is 0 Å². The number of aliphatic hydroxyl groups excluding tert-OH is 1. The van der Waals surface area contributed by atoms with Gasteiger partial charge in [-0.3, -0.25) is 9.36 Å². The van der Waals surface area contributed by atoms with Crippen molar-refractivity contribution in [2.75, 3.05) is 12.4 Å². The van der Waals surface area contributed by atoms with Crippen LogP contribution in [0.5, 0.6) is 0 Å². The minimum Gasteiger partial charge on any atom is -0.395 e. The van der Waals surface area contributed by atoms with Crippen LogP contribution in [0.3, 0.4) is 0 Å². The molecule has 0 saturated carbocycles. The lowest BCUT2D eigenvalue weighted by molar-refractivity contribution is -0.118. The summed E-state index contributed by atoms with van der Waals surface area (Å²) in [6, 6.07) is 7.30. The highest BCUT2D eigenvalue weighted by Crippen LogP contribution is 2.29. The van der Waals surface area contributed by atoms with Crippen LogP contribution < -0.4 is 11.0 Å². The molecule has 0 unspecified atom stereocenters. The lowest BCUT2D eigenvalue weighted by Gasteiger charge is -2.13. The van der Waals surface area contributed by atoms with Gasteiger partial charge in [-0.15, -0.1) is 0 Å². The van der Waals surface area contributed by atoms with Gasteiger partial charge in [0.1, 0.15) is 5.03 Å². The number of rotatable bonds is 7. The maximum Gasteiger partial charge on any atom is 0.348 e. The van der Waals surface area contributed by atoms with Crippen molar-refractivity contribution in [3.05, 3.63) is 56.6 Å². The standard InChI is InChI=1S/C18H20ClN3O3S/c19-13-6-4-12(5-7-13)10-20-16(24)11-26-17-14-2-1-3-15(14)22(8-9-23)18(25)21-17/h4-7,23H,1-3,8-11H2,(H,20,24). The number of halogens is 1. The number of hydrogen-bond acceptors (Lipinski definition) is 5. The minimum atomic E-state index is -0.358. The number of hydrogen-bond donors (Lipinski definition) is 2. The summed E-state index contributed by atoms with van der Waals surface area (Å²) >= 11 is 7.14. The van der Waals surface area contributed by atoms with Crippen LogP contribution in [0.1, 0.15) is 23.2 Å². The summed E-state index contributed by atoms with van der Waals surface area (Å²) in [6.45, 7) is 0.606. The predicted molar refractivity (Wildman–Crippen MR) is 102 cm³/mol. The molecule has 0 atom stereocenters. The van der Waals surface area contributed by atoms with Gasteiger partial charge < -0.3 is 10.4 Å². The van der Waals surface area contributed by atoms with Crippen molar-refractivity contribution in [1.29, 1.82) is 0 Å². The van der Waals surface area contributed by atoms with Crippen LogP contribution in [0.25, 0.3) is 0 Å². The first kappa shape index (κ1) is 18.9. The van der Waals surface area contributed by atoms with E-state index in [0.717, 1.165) is 36.1 Å². The number of aliphatic hydroxyl groups is 1. The molecule has 2 N–H and O–H groups in total. The highest BCUT2D eigenvalue weighted by Gasteiger charge is 2.22. The van der Waals surface area contributed by atoms with Crippen molar-refractivity contribution < 1.29 is 9.90 Å². The number of nitrogens with zero attached hydrogens (tertiary/aromatic N) is 2. The number of amides is 1. The van der Waals surface area contributed by atoms with Crippen LogP contribution in [0, 0.1) is 0 Å². The molecule has 0 bridgehead atoms. The Balaban J connectivity index is 1.62. The number of fused-ring (bicyclic) bond motifs is 1. The fourth-order valence-electron chi connectivity index (χ4n) is 3.02. The quantitative estimate of drug-likeness (QED) is 0.553. The number of nitrogens with one attached hydrogen (secondary N) is 1. The monoisotopic (exact) mass is 393 g/mol. The van der Waals surface area contributed by atoms with Gasteiger partial charge in [0.25, 0.3) is 0 Å². The van der Waals surface area contributed by atoms with Gasteiger partial charge in [-0.2, -0.15) is 4.98 Å². The number of aromatic nitrogens is 2. The Kier molecular flexibility index (Phi) is 6.34. The largest absolute Gasteiger partial charge is 0.395 e. The summed E-state index contributed by atoms with van der Waals surface area (Å²) in [5, 5.41) is 13.3. The molecule has 1 amide bonds.